The van der Waals surface area contributed by atoms with E-state index in [4.69, 9.17) is 15.3 Å². The SMILES string of the molecule is CCCCCCCCCCCC.Cc1cccc(O)c1.OCCO. The summed E-state index contributed by atoms with van der Waals surface area (Å²) in [6.45, 7) is 6.25. The molecule has 3 heteroatoms. The number of aliphatic hydroxyl groups is 2. The molecule has 1 aromatic carbocycles. The van der Waals surface area contributed by atoms with Crippen molar-refractivity contribution in [1.82, 2.24) is 0 Å². The molecule has 0 saturated heterocycles. The zero-order valence-corrected chi connectivity index (χ0v) is 16.1. The summed E-state index contributed by atoms with van der Waals surface area (Å²) in [6, 6.07) is 7.15. The molecule has 3 nitrogen and oxygen atoms in total. The van der Waals surface area contributed by atoms with Gasteiger partial charge in [-0.05, 0) is 24.6 Å². The van der Waals surface area contributed by atoms with Gasteiger partial charge >= 0.3 is 0 Å². The van der Waals surface area contributed by atoms with E-state index < -0.39 is 0 Å². The standard InChI is InChI=1S/C12H26.C7H8O.C2H6O2/c1-3-5-7-9-11-12-10-8-6-4-2;1-6-3-2-4-7(8)5-6;3-1-2-4/h3-12H2,1-2H3;2-5,8H,1H3;3-4H,1-2H2. The van der Waals surface area contributed by atoms with Gasteiger partial charge in [-0.25, -0.2) is 0 Å². The van der Waals surface area contributed by atoms with Crippen molar-refractivity contribution in [2.24, 2.45) is 0 Å². The third-order valence-corrected chi connectivity index (χ3v) is 3.56. The molecule has 142 valence electrons. The molecule has 0 amide bonds. The highest BCUT2D eigenvalue weighted by atomic mass is 16.3. The molecule has 0 spiro atoms. The lowest BCUT2D eigenvalue weighted by Crippen LogP contribution is -1.85. The maximum Gasteiger partial charge on any atom is 0.115 e. The topological polar surface area (TPSA) is 60.7 Å². The van der Waals surface area contributed by atoms with Crippen molar-refractivity contribution < 1.29 is 15.3 Å². The fourth-order valence-corrected chi connectivity index (χ4v) is 2.19. The predicted octanol–water partition coefficient (Wildman–Crippen LogP) is 5.60. The number of unbranched alkanes of at least 4 members (excludes halogenated alkanes) is 9. The van der Waals surface area contributed by atoms with Gasteiger partial charge in [0, 0.05) is 0 Å². The molecule has 0 unspecified atom stereocenters. The van der Waals surface area contributed by atoms with Gasteiger partial charge in [-0.1, -0.05) is 90.2 Å². The monoisotopic (exact) mass is 340 g/mol. The van der Waals surface area contributed by atoms with Crippen molar-refractivity contribution in [2.45, 2.75) is 85.0 Å². The van der Waals surface area contributed by atoms with Crippen LogP contribution in [0.1, 0.15) is 83.6 Å². The second kappa shape index (κ2) is 21.9. The van der Waals surface area contributed by atoms with Crippen LogP contribution in [0.4, 0.5) is 0 Å². The first kappa shape index (κ1) is 25.2. The Hall–Kier alpha value is -1.06. The van der Waals surface area contributed by atoms with Crippen LogP contribution in [0.15, 0.2) is 24.3 Å². The third kappa shape index (κ3) is 23.2. The Balaban J connectivity index is 0. The van der Waals surface area contributed by atoms with Crippen LogP contribution in [0.3, 0.4) is 0 Å². The molecule has 0 heterocycles. The van der Waals surface area contributed by atoms with Crippen molar-refractivity contribution in [2.75, 3.05) is 13.2 Å². The van der Waals surface area contributed by atoms with E-state index >= 15 is 0 Å². The van der Waals surface area contributed by atoms with Crippen LogP contribution in [-0.4, -0.2) is 28.5 Å². The summed E-state index contributed by atoms with van der Waals surface area (Å²) < 4.78 is 0. The Bertz CT molecular complexity index is 310. The molecule has 0 aliphatic rings. The van der Waals surface area contributed by atoms with Gasteiger partial charge in [0.25, 0.3) is 0 Å². The zero-order valence-electron chi connectivity index (χ0n) is 16.1. The van der Waals surface area contributed by atoms with Crippen LogP contribution in [0.5, 0.6) is 5.75 Å². The molecular weight excluding hydrogens is 300 g/mol. The Kier molecular flexibility index (Phi) is 23.0. The second-order valence-electron chi connectivity index (χ2n) is 6.11. The molecule has 0 aliphatic heterocycles. The minimum atomic E-state index is -0.125. The lowest BCUT2D eigenvalue weighted by Gasteiger charge is -1.99. The highest BCUT2D eigenvalue weighted by Gasteiger charge is 1.90. The van der Waals surface area contributed by atoms with Gasteiger partial charge in [-0.15, -0.1) is 0 Å². The van der Waals surface area contributed by atoms with E-state index in [-0.39, 0.29) is 13.2 Å². The lowest BCUT2D eigenvalue weighted by atomic mass is 10.1. The summed E-state index contributed by atoms with van der Waals surface area (Å²) in [5.41, 5.74) is 1.09. The zero-order chi connectivity index (χ0) is 18.5. The molecule has 1 aromatic rings. The normalized spacial score (nSPS) is 9.54. The van der Waals surface area contributed by atoms with Crippen molar-refractivity contribution in [3.8, 4) is 5.75 Å². The maximum atomic E-state index is 8.81. The Morgan fingerprint density at radius 2 is 1.12 bits per heavy atom. The highest BCUT2D eigenvalue weighted by molar-refractivity contribution is 5.25. The lowest BCUT2D eigenvalue weighted by molar-refractivity contribution is 0.186. The first-order chi connectivity index (χ1) is 11.6. The van der Waals surface area contributed by atoms with Gasteiger partial charge in [-0.3, -0.25) is 0 Å². The molecule has 3 N–H and O–H groups in total. The molecule has 0 saturated carbocycles. The van der Waals surface area contributed by atoms with Crippen molar-refractivity contribution in [3.05, 3.63) is 29.8 Å². The number of benzene rings is 1. The van der Waals surface area contributed by atoms with Gasteiger partial charge in [0.2, 0.25) is 0 Å². The second-order valence-corrected chi connectivity index (χ2v) is 6.11. The fourth-order valence-electron chi connectivity index (χ4n) is 2.19. The Labute approximate surface area is 149 Å². The summed E-state index contributed by atoms with van der Waals surface area (Å²) in [4.78, 5) is 0. The van der Waals surface area contributed by atoms with Crippen LogP contribution < -0.4 is 0 Å². The van der Waals surface area contributed by atoms with Gasteiger partial charge < -0.3 is 15.3 Å². The Morgan fingerprint density at radius 1 is 0.708 bits per heavy atom. The van der Waals surface area contributed by atoms with Gasteiger partial charge in [0.1, 0.15) is 5.75 Å². The summed E-state index contributed by atoms with van der Waals surface area (Å²) in [5.74, 6) is 0.338. The van der Waals surface area contributed by atoms with E-state index in [1.165, 1.54) is 64.2 Å². The average Bonchev–Trinajstić information content (AvgIpc) is 2.58. The minimum absolute atomic E-state index is 0.125. The molecule has 0 bridgehead atoms. The van der Waals surface area contributed by atoms with Crippen LogP contribution in [-0.2, 0) is 0 Å². The molecule has 0 atom stereocenters. The number of hydrogen-bond donors (Lipinski definition) is 3. The summed E-state index contributed by atoms with van der Waals surface area (Å²) >= 11 is 0. The number of aryl methyl sites for hydroxylation is 1. The number of rotatable bonds is 10. The van der Waals surface area contributed by atoms with Gasteiger partial charge in [-0.2, -0.15) is 0 Å². The number of hydrogen-bond acceptors (Lipinski definition) is 3. The van der Waals surface area contributed by atoms with Crippen molar-refractivity contribution in [1.29, 1.82) is 0 Å². The van der Waals surface area contributed by atoms with Crippen LogP contribution in [0.2, 0.25) is 0 Å². The largest absolute Gasteiger partial charge is 0.508 e. The number of aromatic hydroxyl groups is 1. The van der Waals surface area contributed by atoms with E-state index in [2.05, 4.69) is 13.8 Å². The molecule has 24 heavy (non-hydrogen) atoms. The van der Waals surface area contributed by atoms with E-state index in [0.29, 0.717) is 5.75 Å². The van der Waals surface area contributed by atoms with E-state index in [9.17, 15) is 0 Å². The first-order valence-electron chi connectivity index (χ1n) is 9.59. The van der Waals surface area contributed by atoms with Crippen LogP contribution in [0, 0.1) is 6.92 Å². The van der Waals surface area contributed by atoms with Crippen LogP contribution in [0.25, 0.3) is 0 Å². The number of aliphatic hydroxyl groups excluding tert-OH is 2. The molecule has 0 aliphatic carbocycles. The quantitative estimate of drug-likeness (QED) is 0.486. The maximum absolute atomic E-state index is 8.81. The summed E-state index contributed by atoms with van der Waals surface area (Å²) in [7, 11) is 0. The fraction of sp³-hybridized carbons (Fsp3) is 0.714. The predicted molar refractivity (Wildman–Crippen MR) is 105 cm³/mol. The first-order valence-corrected chi connectivity index (χ1v) is 9.59. The van der Waals surface area contributed by atoms with Crippen LogP contribution >= 0.6 is 0 Å². The molecule has 0 radical (unpaired) electrons. The van der Waals surface area contributed by atoms with E-state index in [1.807, 2.05) is 19.1 Å². The van der Waals surface area contributed by atoms with E-state index in [1.54, 1.807) is 12.1 Å². The highest BCUT2D eigenvalue weighted by Crippen LogP contribution is 2.10. The summed E-state index contributed by atoms with van der Waals surface area (Å²) in [6.07, 6.45) is 14.4. The number of phenols is 1. The minimum Gasteiger partial charge on any atom is -0.508 e. The smallest absolute Gasteiger partial charge is 0.115 e. The molecule has 1 rings (SSSR count). The van der Waals surface area contributed by atoms with Crippen molar-refractivity contribution in [3.63, 3.8) is 0 Å². The van der Waals surface area contributed by atoms with E-state index in [0.717, 1.165) is 5.56 Å². The molecule has 0 aromatic heterocycles. The number of phenolic OH excluding ortho intramolecular Hbond substituents is 1. The van der Waals surface area contributed by atoms with Gasteiger partial charge in [0.05, 0.1) is 13.2 Å². The molecule has 0 fully saturated rings. The van der Waals surface area contributed by atoms with Gasteiger partial charge in [0.15, 0.2) is 0 Å². The summed E-state index contributed by atoms with van der Waals surface area (Å²) in [5, 5.41) is 24.1. The average molecular weight is 341 g/mol. The van der Waals surface area contributed by atoms with Crippen molar-refractivity contribution >= 4 is 0 Å². The Morgan fingerprint density at radius 3 is 1.38 bits per heavy atom. The third-order valence-electron chi connectivity index (χ3n) is 3.56. The molecular formula is C21H40O3.